The SMILES string of the molecule is CNCCC1CCN(C(=O)C2CC2c2cccc(Cl)c2Cl)CC1.Cl. The zero-order valence-corrected chi connectivity index (χ0v) is 16.3. The van der Waals surface area contributed by atoms with Gasteiger partial charge in [0, 0.05) is 19.0 Å². The van der Waals surface area contributed by atoms with Crippen LogP contribution in [0.5, 0.6) is 0 Å². The van der Waals surface area contributed by atoms with Crippen LogP contribution in [0.15, 0.2) is 18.2 Å². The van der Waals surface area contributed by atoms with E-state index in [1.165, 1.54) is 6.42 Å². The lowest BCUT2D eigenvalue weighted by atomic mass is 9.93. The number of amides is 1. The fraction of sp³-hybridized carbons (Fsp3) is 0.611. The number of hydrogen-bond acceptors (Lipinski definition) is 2. The van der Waals surface area contributed by atoms with Crippen LogP contribution < -0.4 is 5.32 Å². The predicted octanol–water partition coefficient (Wildman–Crippen LogP) is 4.37. The maximum atomic E-state index is 12.7. The van der Waals surface area contributed by atoms with E-state index in [0.29, 0.717) is 16.0 Å². The Morgan fingerprint density at radius 1 is 1.29 bits per heavy atom. The highest BCUT2D eigenvalue weighted by Crippen LogP contribution is 2.51. The fourth-order valence-corrected chi connectivity index (χ4v) is 4.09. The van der Waals surface area contributed by atoms with Crippen molar-refractivity contribution < 1.29 is 4.79 Å². The zero-order valence-electron chi connectivity index (χ0n) is 13.9. The van der Waals surface area contributed by atoms with Crippen molar-refractivity contribution in [3.05, 3.63) is 33.8 Å². The van der Waals surface area contributed by atoms with Crippen molar-refractivity contribution in [2.24, 2.45) is 11.8 Å². The van der Waals surface area contributed by atoms with E-state index in [-0.39, 0.29) is 24.2 Å². The third-order valence-electron chi connectivity index (χ3n) is 5.22. The molecule has 0 spiro atoms. The Hall–Kier alpha value is -0.480. The van der Waals surface area contributed by atoms with Crippen LogP contribution in [0, 0.1) is 11.8 Å². The van der Waals surface area contributed by atoms with Crippen LogP contribution in [0.25, 0.3) is 0 Å². The number of nitrogens with zero attached hydrogens (tertiary/aromatic N) is 1. The highest BCUT2D eigenvalue weighted by molar-refractivity contribution is 6.42. The van der Waals surface area contributed by atoms with Crippen LogP contribution >= 0.6 is 35.6 Å². The summed E-state index contributed by atoms with van der Waals surface area (Å²) in [7, 11) is 1.99. The molecule has 2 fully saturated rings. The summed E-state index contributed by atoms with van der Waals surface area (Å²) in [5, 5.41) is 4.39. The number of likely N-dealkylation sites (tertiary alicyclic amines) is 1. The number of benzene rings is 1. The standard InChI is InChI=1S/C18H24Cl2N2O.ClH/c1-21-8-5-12-6-9-22(10-7-12)18(23)15-11-14(15)13-3-2-4-16(19)17(13)20;/h2-4,12,14-15,21H,5-11H2,1H3;1H. The van der Waals surface area contributed by atoms with Gasteiger partial charge >= 0.3 is 0 Å². The Bertz CT molecular complexity index is 573. The summed E-state index contributed by atoms with van der Waals surface area (Å²) in [5.74, 6) is 1.40. The van der Waals surface area contributed by atoms with Crippen molar-refractivity contribution in [1.29, 1.82) is 0 Å². The summed E-state index contributed by atoms with van der Waals surface area (Å²) in [6.07, 6.45) is 4.37. The minimum Gasteiger partial charge on any atom is -0.342 e. The molecule has 1 aliphatic carbocycles. The topological polar surface area (TPSA) is 32.3 Å². The van der Waals surface area contributed by atoms with Gasteiger partial charge in [0.15, 0.2) is 0 Å². The molecule has 1 aliphatic heterocycles. The van der Waals surface area contributed by atoms with E-state index in [1.807, 2.05) is 19.2 Å². The van der Waals surface area contributed by atoms with E-state index in [0.717, 1.165) is 50.4 Å². The molecule has 0 radical (unpaired) electrons. The molecule has 1 aromatic carbocycles. The van der Waals surface area contributed by atoms with Crippen molar-refractivity contribution in [3.63, 3.8) is 0 Å². The molecule has 24 heavy (non-hydrogen) atoms. The van der Waals surface area contributed by atoms with Crippen molar-refractivity contribution in [3.8, 4) is 0 Å². The molecule has 2 unspecified atom stereocenters. The molecular weight excluding hydrogens is 367 g/mol. The Morgan fingerprint density at radius 3 is 2.67 bits per heavy atom. The van der Waals surface area contributed by atoms with Crippen molar-refractivity contribution >= 4 is 41.5 Å². The van der Waals surface area contributed by atoms with E-state index >= 15 is 0 Å². The third kappa shape index (κ3) is 4.37. The van der Waals surface area contributed by atoms with E-state index in [9.17, 15) is 4.79 Å². The number of nitrogens with one attached hydrogen (secondary N) is 1. The molecule has 3 rings (SSSR count). The molecule has 0 aromatic heterocycles. The van der Waals surface area contributed by atoms with Gasteiger partial charge in [0.25, 0.3) is 0 Å². The summed E-state index contributed by atoms with van der Waals surface area (Å²) < 4.78 is 0. The van der Waals surface area contributed by atoms with E-state index in [2.05, 4.69) is 10.2 Å². The number of piperidine rings is 1. The van der Waals surface area contributed by atoms with Gasteiger partial charge in [-0.15, -0.1) is 12.4 Å². The fourth-order valence-electron chi connectivity index (χ4n) is 3.64. The molecule has 1 saturated carbocycles. The lowest BCUT2D eigenvalue weighted by Crippen LogP contribution is -2.40. The molecule has 1 saturated heterocycles. The van der Waals surface area contributed by atoms with Gasteiger partial charge in [0.1, 0.15) is 0 Å². The van der Waals surface area contributed by atoms with Crippen LogP contribution in [-0.2, 0) is 4.79 Å². The molecule has 134 valence electrons. The van der Waals surface area contributed by atoms with Crippen LogP contribution in [0.2, 0.25) is 10.0 Å². The van der Waals surface area contributed by atoms with Gasteiger partial charge in [-0.2, -0.15) is 0 Å². The second-order valence-electron chi connectivity index (χ2n) is 6.75. The zero-order chi connectivity index (χ0) is 16.4. The normalized spacial score (nSPS) is 23.7. The molecule has 2 aliphatic rings. The summed E-state index contributed by atoms with van der Waals surface area (Å²) in [4.78, 5) is 14.8. The molecule has 2 atom stereocenters. The maximum absolute atomic E-state index is 12.7. The number of carbonyl (C=O) groups is 1. The van der Waals surface area contributed by atoms with Gasteiger partial charge < -0.3 is 10.2 Å². The van der Waals surface area contributed by atoms with Gasteiger partial charge in [-0.1, -0.05) is 35.3 Å². The monoisotopic (exact) mass is 390 g/mol. The van der Waals surface area contributed by atoms with E-state index in [1.54, 1.807) is 6.07 Å². The molecule has 1 N–H and O–H groups in total. The van der Waals surface area contributed by atoms with Gasteiger partial charge in [-0.05, 0) is 62.7 Å². The van der Waals surface area contributed by atoms with Gasteiger partial charge in [-0.25, -0.2) is 0 Å². The summed E-state index contributed by atoms with van der Waals surface area (Å²) in [6, 6.07) is 5.70. The first-order chi connectivity index (χ1) is 11.1. The minimum atomic E-state index is 0. The predicted molar refractivity (Wildman–Crippen MR) is 102 cm³/mol. The Labute approximate surface area is 160 Å². The molecule has 0 bridgehead atoms. The average Bonchev–Trinajstić information content (AvgIpc) is 3.36. The number of rotatable bonds is 5. The second-order valence-corrected chi connectivity index (χ2v) is 7.54. The molecule has 1 heterocycles. The summed E-state index contributed by atoms with van der Waals surface area (Å²) in [5.41, 5.74) is 1.03. The summed E-state index contributed by atoms with van der Waals surface area (Å²) in [6.45, 7) is 2.87. The smallest absolute Gasteiger partial charge is 0.226 e. The number of carbonyl (C=O) groups excluding carboxylic acids is 1. The molecule has 1 amide bonds. The highest BCUT2D eigenvalue weighted by atomic mass is 35.5. The first-order valence-electron chi connectivity index (χ1n) is 8.49. The van der Waals surface area contributed by atoms with Crippen molar-refractivity contribution in [1.82, 2.24) is 10.2 Å². The first-order valence-corrected chi connectivity index (χ1v) is 9.24. The van der Waals surface area contributed by atoms with Crippen molar-refractivity contribution in [2.75, 3.05) is 26.7 Å². The quantitative estimate of drug-likeness (QED) is 0.808. The number of hydrogen-bond donors (Lipinski definition) is 1. The Kier molecular flexibility index (Phi) is 7.23. The van der Waals surface area contributed by atoms with Gasteiger partial charge in [-0.3, -0.25) is 4.79 Å². The van der Waals surface area contributed by atoms with Crippen molar-refractivity contribution in [2.45, 2.75) is 31.6 Å². The molecule has 1 aromatic rings. The minimum absolute atomic E-state index is 0. The van der Waals surface area contributed by atoms with Gasteiger partial charge in [0.05, 0.1) is 10.0 Å². The largest absolute Gasteiger partial charge is 0.342 e. The van der Waals surface area contributed by atoms with E-state index in [4.69, 9.17) is 23.2 Å². The Balaban J connectivity index is 0.00000208. The molecule has 6 heteroatoms. The second kappa shape index (κ2) is 8.75. The highest BCUT2D eigenvalue weighted by Gasteiger charge is 2.47. The summed E-state index contributed by atoms with van der Waals surface area (Å²) >= 11 is 12.4. The Morgan fingerprint density at radius 2 is 2.00 bits per heavy atom. The number of halogens is 3. The van der Waals surface area contributed by atoms with E-state index < -0.39 is 0 Å². The van der Waals surface area contributed by atoms with Crippen LogP contribution in [0.3, 0.4) is 0 Å². The lowest BCUT2D eigenvalue weighted by Gasteiger charge is -2.32. The van der Waals surface area contributed by atoms with Crippen LogP contribution in [0.4, 0.5) is 0 Å². The van der Waals surface area contributed by atoms with Gasteiger partial charge in [0.2, 0.25) is 5.91 Å². The van der Waals surface area contributed by atoms with Crippen LogP contribution in [-0.4, -0.2) is 37.5 Å². The third-order valence-corrected chi connectivity index (χ3v) is 6.05. The lowest BCUT2D eigenvalue weighted by molar-refractivity contribution is -0.134. The molecular formula is C18H25Cl3N2O. The molecule has 3 nitrogen and oxygen atoms in total. The first kappa shape index (κ1) is 19.8. The van der Waals surface area contributed by atoms with Crippen LogP contribution in [0.1, 0.15) is 37.2 Å². The average molecular weight is 392 g/mol. The maximum Gasteiger partial charge on any atom is 0.226 e.